The van der Waals surface area contributed by atoms with Crippen LogP contribution in [0, 0.1) is 16.7 Å². The van der Waals surface area contributed by atoms with Crippen LogP contribution in [-0.4, -0.2) is 30.4 Å². The number of rotatable bonds is 5. The number of nitrogens with two attached hydrogens (primary N) is 1. The van der Waals surface area contributed by atoms with E-state index in [1.807, 2.05) is 6.92 Å². The highest BCUT2D eigenvalue weighted by Gasteiger charge is 2.50. The normalized spacial score (nSPS) is 17.2. The Hall–Kier alpha value is -1.08. The highest BCUT2D eigenvalue weighted by molar-refractivity contribution is 5.85. The number of carbonyl (C=O) groups is 1. The summed E-state index contributed by atoms with van der Waals surface area (Å²) in [4.78, 5) is 13.7. The number of amides is 1. The SMILES string of the molecule is CCN(CCC#N)C(=O)C1(CN)CC1. The van der Waals surface area contributed by atoms with Crippen LogP contribution in [0.1, 0.15) is 26.2 Å². The van der Waals surface area contributed by atoms with Gasteiger partial charge in [-0.05, 0) is 19.8 Å². The van der Waals surface area contributed by atoms with Crippen LogP contribution in [-0.2, 0) is 4.79 Å². The molecule has 0 aromatic carbocycles. The van der Waals surface area contributed by atoms with Crippen molar-refractivity contribution in [2.45, 2.75) is 26.2 Å². The van der Waals surface area contributed by atoms with E-state index in [4.69, 9.17) is 11.0 Å². The lowest BCUT2D eigenvalue weighted by atomic mass is 10.1. The van der Waals surface area contributed by atoms with Crippen molar-refractivity contribution in [1.82, 2.24) is 4.90 Å². The first-order valence-electron chi connectivity index (χ1n) is 5.06. The third-order valence-corrected chi connectivity index (χ3v) is 2.86. The molecule has 0 bridgehead atoms. The van der Waals surface area contributed by atoms with Gasteiger partial charge in [-0.15, -0.1) is 0 Å². The van der Waals surface area contributed by atoms with Crippen LogP contribution in [0.15, 0.2) is 0 Å². The lowest BCUT2D eigenvalue weighted by Gasteiger charge is -2.24. The highest BCUT2D eigenvalue weighted by Crippen LogP contribution is 2.46. The molecule has 2 N–H and O–H groups in total. The zero-order chi connectivity index (χ0) is 10.6. The topological polar surface area (TPSA) is 70.1 Å². The largest absolute Gasteiger partial charge is 0.341 e. The van der Waals surface area contributed by atoms with Crippen LogP contribution >= 0.6 is 0 Å². The van der Waals surface area contributed by atoms with Gasteiger partial charge in [0.2, 0.25) is 5.91 Å². The van der Waals surface area contributed by atoms with Crippen molar-refractivity contribution in [1.29, 1.82) is 5.26 Å². The third-order valence-electron chi connectivity index (χ3n) is 2.86. The maximum Gasteiger partial charge on any atom is 0.230 e. The smallest absolute Gasteiger partial charge is 0.230 e. The van der Waals surface area contributed by atoms with Gasteiger partial charge < -0.3 is 10.6 Å². The lowest BCUT2D eigenvalue weighted by Crippen LogP contribution is -2.40. The summed E-state index contributed by atoms with van der Waals surface area (Å²) in [7, 11) is 0. The van der Waals surface area contributed by atoms with Gasteiger partial charge in [0.05, 0.1) is 17.9 Å². The van der Waals surface area contributed by atoms with Crippen molar-refractivity contribution in [2.75, 3.05) is 19.6 Å². The fourth-order valence-electron chi connectivity index (χ4n) is 1.58. The average Bonchev–Trinajstić information content (AvgIpc) is 2.99. The van der Waals surface area contributed by atoms with Gasteiger partial charge >= 0.3 is 0 Å². The van der Waals surface area contributed by atoms with Crippen molar-refractivity contribution in [2.24, 2.45) is 11.1 Å². The van der Waals surface area contributed by atoms with E-state index in [9.17, 15) is 4.79 Å². The summed E-state index contributed by atoms with van der Waals surface area (Å²) in [5.74, 6) is 0.137. The summed E-state index contributed by atoms with van der Waals surface area (Å²) >= 11 is 0. The minimum absolute atomic E-state index is 0.137. The van der Waals surface area contributed by atoms with E-state index < -0.39 is 0 Å². The molecule has 0 heterocycles. The first-order valence-corrected chi connectivity index (χ1v) is 5.06. The number of hydrogen-bond donors (Lipinski definition) is 1. The van der Waals surface area contributed by atoms with Gasteiger partial charge in [0.15, 0.2) is 0 Å². The average molecular weight is 195 g/mol. The van der Waals surface area contributed by atoms with Crippen molar-refractivity contribution in [3.05, 3.63) is 0 Å². The first-order chi connectivity index (χ1) is 6.70. The minimum atomic E-state index is -0.272. The molecule has 1 amide bonds. The Balaban J connectivity index is 2.53. The summed E-state index contributed by atoms with van der Waals surface area (Å²) in [5, 5.41) is 8.46. The molecule has 1 rings (SSSR count). The molecule has 4 heteroatoms. The summed E-state index contributed by atoms with van der Waals surface area (Å²) in [6.07, 6.45) is 2.22. The number of carbonyl (C=O) groups excluding carboxylic acids is 1. The van der Waals surface area contributed by atoms with Crippen molar-refractivity contribution >= 4 is 5.91 Å². The molecular weight excluding hydrogens is 178 g/mol. The van der Waals surface area contributed by atoms with Crippen LogP contribution < -0.4 is 5.73 Å². The summed E-state index contributed by atoms with van der Waals surface area (Å²) in [5.41, 5.74) is 5.31. The Kier molecular flexibility index (Phi) is 3.48. The molecular formula is C10H17N3O. The second-order valence-electron chi connectivity index (χ2n) is 3.78. The van der Waals surface area contributed by atoms with E-state index in [2.05, 4.69) is 6.07 Å². The van der Waals surface area contributed by atoms with Crippen molar-refractivity contribution in [3.63, 3.8) is 0 Å². The van der Waals surface area contributed by atoms with Crippen LogP contribution in [0.5, 0.6) is 0 Å². The van der Waals surface area contributed by atoms with Crippen LogP contribution in [0.3, 0.4) is 0 Å². The predicted octanol–water partition coefficient (Wildman–Crippen LogP) is 0.487. The molecule has 0 aliphatic heterocycles. The molecule has 1 aliphatic carbocycles. The van der Waals surface area contributed by atoms with Crippen LogP contribution in [0.2, 0.25) is 0 Å². The molecule has 0 saturated heterocycles. The zero-order valence-electron chi connectivity index (χ0n) is 8.62. The summed E-state index contributed by atoms with van der Waals surface area (Å²) in [6.45, 7) is 3.58. The number of nitrogens with zero attached hydrogens (tertiary/aromatic N) is 2. The summed E-state index contributed by atoms with van der Waals surface area (Å²) in [6, 6.07) is 2.05. The van der Waals surface area contributed by atoms with E-state index in [0.717, 1.165) is 12.8 Å². The molecule has 0 spiro atoms. The fourth-order valence-corrected chi connectivity index (χ4v) is 1.58. The quantitative estimate of drug-likeness (QED) is 0.694. The first kappa shape index (κ1) is 11.0. The van der Waals surface area contributed by atoms with Gasteiger partial charge in [-0.25, -0.2) is 0 Å². The Morgan fingerprint density at radius 1 is 1.64 bits per heavy atom. The maximum absolute atomic E-state index is 11.9. The molecule has 0 atom stereocenters. The Labute approximate surface area is 84.7 Å². The van der Waals surface area contributed by atoms with Crippen molar-refractivity contribution < 1.29 is 4.79 Å². The van der Waals surface area contributed by atoms with Gasteiger partial charge in [-0.1, -0.05) is 0 Å². The van der Waals surface area contributed by atoms with Gasteiger partial charge in [-0.2, -0.15) is 5.26 Å². The van der Waals surface area contributed by atoms with Crippen LogP contribution in [0.4, 0.5) is 0 Å². The molecule has 0 radical (unpaired) electrons. The highest BCUT2D eigenvalue weighted by atomic mass is 16.2. The minimum Gasteiger partial charge on any atom is -0.341 e. The molecule has 0 aromatic rings. The van der Waals surface area contributed by atoms with Gasteiger partial charge in [0.1, 0.15) is 0 Å². The molecule has 1 fully saturated rings. The standard InChI is InChI=1S/C10H17N3O/c1-2-13(7-3-6-11)9(14)10(8-12)4-5-10/h2-5,7-8,12H2,1H3. The van der Waals surface area contributed by atoms with E-state index >= 15 is 0 Å². The zero-order valence-corrected chi connectivity index (χ0v) is 8.62. The molecule has 1 saturated carbocycles. The number of hydrogen-bond acceptors (Lipinski definition) is 3. The molecule has 1 aliphatic rings. The molecule has 78 valence electrons. The lowest BCUT2D eigenvalue weighted by molar-refractivity contribution is -0.136. The molecule has 14 heavy (non-hydrogen) atoms. The Bertz CT molecular complexity index is 253. The van der Waals surface area contributed by atoms with Crippen LogP contribution in [0.25, 0.3) is 0 Å². The van der Waals surface area contributed by atoms with Gasteiger partial charge in [-0.3, -0.25) is 4.79 Å². The predicted molar refractivity (Wildman–Crippen MR) is 53.2 cm³/mol. The van der Waals surface area contributed by atoms with Crippen molar-refractivity contribution in [3.8, 4) is 6.07 Å². The Morgan fingerprint density at radius 2 is 2.29 bits per heavy atom. The summed E-state index contributed by atoms with van der Waals surface area (Å²) < 4.78 is 0. The second kappa shape index (κ2) is 4.43. The fraction of sp³-hybridized carbons (Fsp3) is 0.800. The molecule has 4 nitrogen and oxygen atoms in total. The van der Waals surface area contributed by atoms with E-state index in [0.29, 0.717) is 26.1 Å². The van der Waals surface area contributed by atoms with E-state index in [-0.39, 0.29) is 11.3 Å². The third kappa shape index (κ3) is 2.05. The van der Waals surface area contributed by atoms with Gasteiger partial charge in [0, 0.05) is 19.6 Å². The molecule has 0 aromatic heterocycles. The second-order valence-corrected chi connectivity index (χ2v) is 3.78. The number of nitriles is 1. The Morgan fingerprint density at radius 3 is 2.64 bits per heavy atom. The van der Waals surface area contributed by atoms with E-state index in [1.165, 1.54) is 0 Å². The maximum atomic E-state index is 11.9. The van der Waals surface area contributed by atoms with E-state index in [1.54, 1.807) is 4.90 Å². The monoisotopic (exact) mass is 195 g/mol. The molecule has 0 unspecified atom stereocenters. The van der Waals surface area contributed by atoms with Gasteiger partial charge in [0.25, 0.3) is 0 Å².